The van der Waals surface area contributed by atoms with Gasteiger partial charge in [-0.2, -0.15) is 4.98 Å². The molecule has 0 saturated carbocycles. The molecule has 2 atom stereocenters. The Hall–Kier alpha value is -2.02. The van der Waals surface area contributed by atoms with Gasteiger partial charge in [0, 0.05) is 37.6 Å². The summed E-state index contributed by atoms with van der Waals surface area (Å²) >= 11 is 0. The predicted molar refractivity (Wildman–Crippen MR) is 71.2 cm³/mol. The third kappa shape index (κ3) is 1.94. The van der Waals surface area contributed by atoms with Crippen LogP contribution in [-0.4, -0.2) is 55.6 Å². The fraction of sp³-hybridized carbons (Fsp3) is 0.538. The lowest BCUT2D eigenvalue weighted by molar-refractivity contribution is 0.0736. The molecule has 2 fully saturated rings. The van der Waals surface area contributed by atoms with Gasteiger partial charge in [0.15, 0.2) is 0 Å². The van der Waals surface area contributed by atoms with Gasteiger partial charge in [-0.3, -0.25) is 4.79 Å². The molecule has 7 heteroatoms. The summed E-state index contributed by atoms with van der Waals surface area (Å²) in [7, 11) is 0. The van der Waals surface area contributed by atoms with Gasteiger partial charge in [-0.15, -0.1) is 5.10 Å². The maximum Gasteiger partial charge on any atom is 0.293 e. The maximum atomic E-state index is 12.5. The number of nitrogens with zero attached hydrogens (tertiary/aromatic N) is 5. The van der Waals surface area contributed by atoms with E-state index in [1.54, 1.807) is 18.5 Å². The van der Waals surface area contributed by atoms with Crippen LogP contribution in [0.2, 0.25) is 0 Å². The molecule has 7 nitrogen and oxygen atoms in total. The second-order valence-electron chi connectivity index (χ2n) is 5.48. The lowest BCUT2D eigenvalue weighted by atomic mass is 10.1. The lowest BCUT2D eigenvalue weighted by Crippen LogP contribution is -2.39. The van der Waals surface area contributed by atoms with Crippen LogP contribution in [0.1, 0.15) is 29.9 Å². The van der Waals surface area contributed by atoms with E-state index in [-0.39, 0.29) is 11.7 Å². The number of hydrogen-bond donors (Lipinski definition) is 1. The first-order valence-electron chi connectivity index (χ1n) is 7.02. The second kappa shape index (κ2) is 4.52. The van der Waals surface area contributed by atoms with Crippen molar-refractivity contribution in [3.05, 3.63) is 24.3 Å². The van der Waals surface area contributed by atoms with Crippen molar-refractivity contribution in [2.24, 2.45) is 0 Å². The highest BCUT2D eigenvalue weighted by atomic mass is 16.2. The summed E-state index contributed by atoms with van der Waals surface area (Å²) < 4.78 is 1.54. The Balaban J connectivity index is 1.59. The fourth-order valence-corrected chi connectivity index (χ4v) is 3.09. The van der Waals surface area contributed by atoms with Gasteiger partial charge in [-0.05, 0) is 25.3 Å². The molecule has 2 aliphatic rings. The van der Waals surface area contributed by atoms with E-state index in [1.807, 2.05) is 4.90 Å². The molecule has 2 aromatic heterocycles. The van der Waals surface area contributed by atoms with Gasteiger partial charge in [0.25, 0.3) is 11.7 Å². The van der Waals surface area contributed by atoms with Gasteiger partial charge in [-0.1, -0.05) is 0 Å². The molecule has 2 bridgehead atoms. The lowest BCUT2D eigenvalue weighted by Gasteiger charge is -2.22. The molecule has 2 saturated heterocycles. The molecule has 0 aromatic carbocycles. The van der Waals surface area contributed by atoms with Crippen molar-refractivity contribution in [2.75, 3.05) is 13.1 Å². The number of amides is 1. The zero-order chi connectivity index (χ0) is 13.5. The number of carbonyl (C=O) groups excluding carboxylic acids is 1. The fourth-order valence-electron chi connectivity index (χ4n) is 3.09. The van der Waals surface area contributed by atoms with Crippen molar-refractivity contribution in [1.82, 2.24) is 29.8 Å². The molecular weight excluding hydrogens is 256 g/mol. The molecule has 2 aromatic rings. The Kier molecular flexibility index (Phi) is 2.66. The number of hydrogen-bond acceptors (Lipinski definition) is 5. The van der Waals surface area contributed by atoms with Crippen molar-refractivity contribution in [1.29, 1.82) is 0 Å². The first kappa shape index (κ1) is 11.8. The molecule has 2 aliphatic heterocycles. The molecule has 0 spiro atoms. The van der Waals surface area contributed by atoms with E-state index in [0.717, 1.165) is 25.9 Å². The molecule has 0 radical (unpaired) electrons. The third-order valence-electron chi connectivity index (χ3n) is 4.12. The van der Waals surface area contributed by atoms with Crippen molar-refractivity contribution in [2.45, 2.75) is 31.3 Å². The zero-order valence-electron chi connectivity index (χ0n) is 11.1. The highest BCUT2D eigenvalue weighted by Gasteiger charge is 2.32. The van der Waals surface area contributed by atoms with Gasteiger partial charge >= 0.3 is 0 Å². The Labute approximate surface area is 116 Å². The van der Waals surface area contributed by atoms with E-state index >= 15 is 0 Å². The van der Waals surface area contributed by atoms with Gasteiger partial charge in [0.1, 0.15) is 0 Å². The van der Waals surface area contributed by atoms with E-state index < -0.39 is 0 Å². The molecule has 104 valence electrons. The minimum absolute atomic E-state index is 0.0927. The average Bonchev–Trinajstić information content (AvgIpc) is 3.01. The minimum Gasteiger partial charge on any atom is -0.334 e. The Morgan fingerprint density at radius 3 is 3.10 bits per heavy atom. The second-order valence-corrected chi connectivity index (χ2v) is 5.48. The van der Waals surface area contributed by atoms with Crippen LogP contribution in [0.3, 0.4) is 0 Å². The van der Waals surface area contributed by atoms with E-state index in [0.29, 0.717) is 17.9 Å². The molecule has 0 aliphatic carbocycles. The Morgan fingerprint density at radius 1 is 1.30 bits per heavy atom. The number of likely N-dealkylation sites (tertiary alicyclic amines) is 1. The molecule has 0 unspecified atom stereocenters. The molecular formula is C13H16N6O. The topological polar surface area (TPSA) is 75.4 Å². The summed E-state index contributed by atoms with van der Waals surface area (Å²) in [5.41, 5.74) is 0. The van der Waals surface area contributed by atoms with Gasteiger partial charge < -0.3 is 10.2 Å². The van der Waals surface area contributed by atoms with E-state index in [4.69, 9.17) is 0 Å². The van der Waals surface area contributed by atoms with Crippen LogP contribution in [0.4, 0.5) is 0 Å². The molecule has 1 N–H and O–H groups in total. The summed E-state index contributed by atoms with van der Waals surface area (Å²) in [6.45, 7) is 1.52. The van der Waals surface area contributed by atoms with Gasteiger partial charge in [0.2, 0.25) is 5.82 Å². The maximum absolute atomic E-state index is 12.5. The normalized spacial score (nSPS) is 25.9. The van der Waals surface area contributed by atoms with Crippen LogP contribution in [0, 0.1) is 0 Å². The number of fused-ring (bicyclic) bond motifs is 3. The van der Waals surface area contributed by atoms with Crippen LogP contribution in [0.15, 0.2) is 18.5 Å². The van der Waals surface area contributed by atoms with Crippen molar-refractivity contribution >= 4 is 11.7 Å². The number of aromatic nitrogens is 4. The minimum atomic E-state index is -0.0927. The molecule has 4 rings (SSSR count). The predicted octanol–water partition coefficient (Wildman–Crippen LogP) is 0.0908. The SMILES string of the molecule is O=C(c1nc2ncccn2n1)N1CC[C@H]2CC[C@@H](C1)N2. The summed E-state index contributed by atoms with van der Waals surface area (Å²) in [5.74, 6) is 0.608. The van der Waals surface area contributed by atoms with E-state index in [1.165, 1.54) is 10.9 Å². The third-order valence-corrected chi connectivity index (χ3v) is 4.12. The van der Waals surface area contributed by atoms with Crippen LogP contribution < -0.4 is 5.32 Å². The quantitative estimate of drug-likeness (QED) is 0.796. The molecule has 1 amide bonds. The van der Waals surface area contributed by atoms with Gasteiger partial charge in [-0.25, -0.2) is 9.50 Å². The Bertz CT molecular complexity index is 620. The Morgan fingerprint density at radius 2 is 2.20 bits per heavy atom. The van der Waals surface area contributed by atoms with Crippen molar-refractivity contribution < 1.29 is 4.79 Å². The zero-order valence-corrected chi connectivity index (χ0v) is 11.1. The average molecular weight is 272 g/mol. The van der Waals surface area contributed by atoms with Gasteiger partial charge in [0.05, 0.1) is 0 Å². The number of nitrogens with one attached hydrogen (secondary N) is 1. The number of carbonyl (C=O) groups is 1. The summed E-state index contributed by atoms with van der Waals surface area (Å²) in [6, 6.07) is 2.75. The van der Waals surface area contributed by atoms with Crippen LogP contribution in [-0.2, 0) is 0 Å². The number of rotatable bonds is 1. The summed E-state index contributed by atoms with van der Waals surface area (Å²) in [6.07, 6.45) is 6.77. The highest BCUT2D eigenvalue weighted by molar-refractivity contribution is 5.90. The highest BCUT2D eigenvalue weighted by Crippen LogP contribution is 2.21. The first-order chi connectivity index (χ1) is 9.79. The van der Waals surface area contributed by atoms with E-state index in [9.17, 15) is 4.79 Å². The van der Waals surface area contributed by atoms with Crippen molar-refractivity contribution in [3.63, 3.8) is 0 Å². The largest absolute Gasteiger partial charge is 0.334 e. The first-order valence-corrected chi connectivity index (χ1v) is 7.02. The monoisotopic (exact) mass is 272 g/mol. The molecule has 4 heterocycles. The smallest absolute Gasteiger partial charge is 0.293 e. The van der Waals surface area contributed by atoms with Crippen LogP contribution in [0.25, 0.3) is 5.78 Å². The van der Waals surface area contributed by atoms with Crippen molar-refractivity contribution in [3.8, 4) is 0 Å². The standard InChI is InChI=1S/C13H16N6O/c20-12(11-16-13-14-5-1-6-19(13)17-11)18-7-4-9-2-3-10(8-18)15-9/h1,5-6,9-10,15H,2-4,7-8H2/t9-,10+/m1/s1. The van der Waals surface area contributed by atoms with E-state index in [2.05, 4.69) is 20.4 Å². The molecule has 20 heavy (non-hydrogen) atoms. The van der Waals surface area contributed by atoms with Crippen LogP contribution >= 0.6 is 0 Å². The van der Waals surface area contributed by atoms with Crippen LogP contribution in [0.5, 0.6) is 0 Å². The summed E-state index contributed by atoms with van der Waals surface area (Å²) in [5, 5.41) is 7.78. The summed E-state index contributed by atoms with van der Waals surface area (Å²) in [4.78, 5) is 22.7.